The van der Waals surface area contributed by atoms with Gasteiger partial charge in [0.2, 0.25) is 0 Å². The zero-order valence-corrected chi connectivity index (χ0v) is 11.7. The zero-order valence-electron chi connectivity index (χ0n) is 10.1. The maximum atomic E-state index is 13.9. The topological polar surface area (TPSA) is 17.1 Å². The molecular weight excluding hydrogens is 359 g/mol. The molecule has 0 N–H and O–H groups in total. The minimum absolute atomic E-state index is 0.0410. The Hall–Kier alpha value is -1.76. The first-order chi connectivity index (χ1) is 9.73. The molecule has 0 bridgehead atoms. The van der Waals surface area contributed by atoms with Crippen LogP contribution in [0.3, 0.4) is 0 Å². The van der Waals surface area contributed by atoms with Gasteiger partial charge in [-0.3, -0.25) is 4.79 Å². The molecule has 0 unspecified atom stereocenters. The molecule has 0 heterocycles. The summed E-state index contributed by atoms with van der Waals surface area (Å²) in [6.45, 7) is 0. The second kappa shape index (κ2) is 5.55. The molecule has 7 heteroatoms. The summed E-state index contributed by atoms with van der Waals surface area (Å²) in [5.74, 6) is -3.83. The molecule has 21 heavy (non-hydrogen) atoms. The second-order valence-electron chi connectivity index (χ2n) is 4.10. The van der Waals surface area contributed by atoms with E-state index in [9.17, 15) is 26.7 Å². The van der Waals surface area contributed by atoms with Crippen LogP contribution in [0.4, 0.5) is 22.0 Å². The smallest absolute Gasteiger partial charge is 0.288 e. The summed E-state index contributed by atoms with van der Waals surface area (Å²) < 4.78 is 65.4. The van der Waals surface area contributed by atoms with Crippen molar-refractivity contribution < 1.29 is 26.7 Å². The van der Waals surface area contributed by atoms with Crippen LogP contribution in [0.5, 0.6) is 0 Å². The first-order valence-corrected chi connectivity index (χ1v) is 6.37. The molecule has 0 radical (unpaired) electrons. The van der Waals surface area contributed by atoms with Crippen LogP contribution in [0.2, 0.25) is 0 Å². The van der Waals surface area contributed by atoms with E-state index >= 15 is 0 Å². The number of alkyl halides is 3. The second-order valence-corrected chi connectivity index (χ2v) is 4.95. The van der Waals surface area contributed by atoms with Gasteiger partial charge in [0.15, 0.2) is 5.78 Å². The molecule has 0 fully saturated rings. The van der Waals surface area contributed by atoms with Crippen molar-refractivity contribution in [3.8, 4) is 0 Å². The first-order valence-electron chi connectivity index (χ1n) is 5.58. The van der Waals surface area contributed by atoms with Crippen LogP contribution in [-0.4, -0.2) is 5.78 Å². The van der Waals surface area contributed by atoms with Crippen LogP contribution >= 0.6 is 15.9 Å². The van der Waals surface area contributed by atoms with E-state index < -0.39 is 40.3 Å². The number of carbonyl (C=O) groups is 1. The largest absolute Gasteiger partial charge is 0.419 e. The fraction of sp³-hybridized carbons (Fsp3) is 0.0714. The molecule has 0 spiro atoms. The number of benzene rings is 2. The lowest BCUT2D eigenvalue weighted by atomic mass is 10.00. The highest BCUT2D eigenvalue weighted by Gasteiger charge is 2.36. The van der Waals surface area contributed by atoms with Gasteiger partial charge in [-0.2, -0.15) is 13.2 Å². The highest BCUT2D eigenvalue weighted by Crippen LogP contribution is 2.33. The van der Waals surface area contributed by atoms with E-state index in [4.69, 9.17) is 0 Å². The summed E-state index contributed by atoms with van der Waals surface area (Å²) in [7, 11) is 0. The summed E-state index contributed by atoms with van der Waals surface area (Å²) in [4.78, 5) is 12.1. The molecule has 0 aromatic heterocycles. The lowest BCUT2D eigenvalue weighted by Crippen LogP contribution is -2.14. The van der Waals surface area contributed by atoms with E-state index in [1.165, 1.54) is 12.1 Å². The molecule has 2 rings (SSSR count). The van der Waals surface area contributed by atoms with Crippen molar-refractivity contribution in [1.82, 2.24) is 0 Å². The van der Waals surface area contributed by atoms with Gasteiger partial charge in [-0.25, -0.2) is 8.78 Å². The zero-order chi connectivity index (χ0) is 15.8. The minimum Gasteiger partial charge on any atom is -0.288 e. The Kier molecular flexibility index (Phi) is 4.13. The van der Waals surface area contributed by atoms with Crippen molar-refractivity contribution in [2.75, 3.05) is 0 Å². The summed E-state index contributed by atoms with van der Waals surface area (Å²) in [5, 5.41) is 0. The molecular formula is C14H6BrF5O. The molecule has 0 saturated heterocycles. The third-order valence-electron chi connectivity index (χ3n) is 2.74. The van der Waals surface area contributed by atoms with Crippen molar-refractivity contribution in [3.05, 3.63) is 69.2 Å². The summed E-state index contributed by atoms with van der Waals surface area (Å²) in [6.07, 6.45) is -4.93. The van der Waals surface area contributed by atoms with Crippen LogP contribution in [0.15, 0.2) is 40.9 Å². The molecule has 0 aliphatic rings. The van der Waals surface area contributed by atoms with Gasteiger partial charge in [0.25, 0.3) is 0 Å². The van der Waals surface area contributed by atoms with E-state index in [0.717, 1.165) is 18.2 Å². The number of halogens is 6. The van der Waals surface area contributed by atoms with Gasteiger partial charge >= 0.3 is 6.18 Å². The van der Waals surface area contributed by atoms with Gasteiger partial charge < -0.3 is 0 Å². The summed E-state index contributed by atoms with van der Waals surface area (Å²) >= 11 is 2.85. The highest BCUT2D eigenvalue weighted by molar-refractivity contribution is 9.10. The number of carbonyl (C=O) groups excluding carboxylic acids is 1. The molecule has 0 amide bonds. The number of hydrogen-bond acceptors (Lipinski definition) is 1. The molecule has 0 aliphatic heterocycles. The lowest BCUT2D eigenvalue weighted by molar-refractivity contribution is -0.140. The standard InChI is InChI=1S/C14H6BrF5O/c15-10-6-2-4-8(12(10)17)13(21)7-3-1-5-9(11(7)16)14(18,19)20/h1-6H. The van der Waals surface area contributed by atoms with Crippen molar-refractivity contribution in [2.45, 2.75) is 6.18 Å². The van der Waals surface area contributed by atoms with Crippen molar-refractivity contribution in [1.29, 1.82) is 0 Å². The third-order valence-corrected chi connectivity index (χ3v) is 3.36. The van der Waals surface area contributed by atoms with E-state index in [1.807, 2.05) is 0 Å². The Labute approximate surface area is 124 Å². The lowest BCUT2D eigenvalue weighted by Gasteiger charge is -2.11. The number of rotatable bonds is 2. The first kappa shape index (κ1) is 15.6. The highest BCUT2D eigenvalue weighted by atomic mass is 79.9. The van der Waals surface area contributed by atoms with E-state index in [1.54, 1.807) is 0 Å². The number of ketones is 1. The quantitative estimate of drug-likeness (QED) is 0.542. The predicted octanol–water partition coefficient (Wildman–Crippen LogP) is 4.98. The fourth-order valence-electron chi connectivity index (χ4n) is 1.75. The minimum atomic E-state index is -4.93. The van der Waals surface area contributed by atoms with Gasteiger partial charge in [0.05, 0.1) is 21.2 Å². The average molecular weight is 365 g/mol. The molecule has 1 nitrogen and oxygen atoms in total. The van der Waals surface area contributed by atoms with E-state index in [-0.39, 0.29) is 4.47 Å². The van der Waals surface area contributed by atoms with Crippen LogP contribution in [0, 0.1) is 11.6 Å². The Morgan fingerprint density at radius 1 is 0.905 bits per heavy atom. The summed E-state index contributed by atoms with van der Waals surface area (Å²) in [6, 6.07) is 6.01. The molecule has 0 saturated carbocycles. The average Bonchev–Trinajstić information content (AvgIpc) is 2.40. The monoisotopic (exact) mass is 364 g/mol. The van der Waals surface area contributed by atoms with E-state index in [2.05, 4.69) is 15.9 Å². The van der Waals surface area contributed by atoms with Crippen LogP contribution in [0.1, 0.15) is 21.5 Å². The SMILES string of the molecule is O=C(c1cccc(Br)c1F)c1cccc(C(F)(F)F)c1F. The Bertz CT molecular complexity index is 709. The van der Waals surface area contributed by atoms with Gasteiger partial charge in [-0.1, -0.05) is 12.1 Å². The summed E-state index contributed by atoms with van der Waals surface area (Å²) in [5.41, 5.74) is -2.91. The molecule has 110 valence electrons. The van der Waals surface area contributed by atoms with Crippen molar-refractivity contribution >= 4 is 21.7 Å². The maximum absolute atomic E-state index is 13.9. The van der Waals surface area contributed by atoms with Gasteiger partial charge in [-0.15, -0.1) is 0 Å². The Morgan fingerprint density at radius 2 is 1.43 bits per heavy atom. The van der Waals surface area contributed by atoms with Gasteiger partial charge in [-0.05, 0) is 40.2 Å². The fourth-order valence-corrected chi connectivity index (χ4v) is 2.12. The van der Waals surface area contributed by atoms with Crippen molar-refractivity contribution in [2.24, 2.45) is 0 Å². The Morgan fingerprint density at radius 3 is 2.00 bits per heavy atom. The molecule has 2 aromatic rings. The number of hydrogen-bond donors (Lipinski definition) is 0. The molecule has 0 aliphatic carbocycles. The maximum Gasteiger partial charge on any atom is 0.419 e. The van der Waals surface area contributed by atoms with Gasteiger partial charge in [0, 0.05) is 0 Å². The molecule has 0 atom stereocenters. The normalized spacial score (nSPS) is 11.5. The van der Waals surface area contributed by atoms with E-state index in [0.29, 0.717) is 6.07 Å². The van der Waals surface area contributed by atoms with Crippen LogP contribution in [0.25, 0.3) is 0 Å². The van der Waals surface area contributed by atoms with Crippen LogP contribution < -0.4 is 0 Å². The van der Waals surface area contributed by atoms with Crippen molar-refractivity contribution in [3.63, 3.8) is 0 Å². The third kappa shape index (κ3) is 2.97. The van der Waals surface area contributed by atoms with Crippen LogP contribution in [-0.2, 0) is 6.18 Å². The van der Waals surface area contributed by atoms with Gasteiger partial charge in [0.1, 0.15) is 11.6 Å². The predicted molar refractivity (Wildman–Crippen MR) is 68.9 cm³/mol. The Balaban J connectivity index is 2.57. The molecule has 2 aromatic carbocycles.